The Bertz CT molecular complexity index is 675. The van der Waals surface area contributed by atoms with Crippen molar-refractivity contribution in [1.82, 2.24) is 0 Å². The Morgan fingerprint density at radius 1 is 1.21 bits per heavy atom. The third-order valence-electron chi connectivity index (χ3n) is 6.69. The maximum absolute atomic E-state index is 12.1. The minimum Gasteiger partial charge on any atom is -0.544 e. The van der Waals surface area contributed by atoms with E-state index in [1.165, 1.54) is 24.8 Å². The van der Waals surface area contributed by atoms with E-state index in [2.05, 4.69) is 44.8 Å². The van der Waals surface area contributed by atoms with Gasteiger partial charge in [-0.05, 0) is 91.8 Å². The Kier molecular flexibility index (Phi) is 3.72. The molecule has 2 saturated carbocycles. The normalized spacial score (nSPS) is 35.2. The zero-order valence-electron chi connectivity index (χ0n) is 15.5. The van der Waals surface area contributed by atoms with Gasteiger partial charge in [0.15, 0.2) is 0 Å². The van der Waals surface area contributed by atoms with Gasteiger partial charge in [-0.2, -0.15) is 0 Å². The van der Waals surface area contributed by atoms with Gasteiger partial charge in [-0.25, -0.2) is 0 Å². The van der Waals surface area contributed by atoms with Crippen LogP contribution >= 0.6 is 0 Å². The van der Waals surface area contributed by atoms with E-state index in [0.29, 0.717) is 23.5 Å². The molecular weight excluding hydrogens is 312 g/mol. The molecule has 3 aliphatic rings. The SMILES string of the molecule is C[C@]12CC[C@@H]3c4ccc(O[Si](C)(C)C)cc4CC[C@H]3[C@@H]1CC(=O)C2. The van der Waals surface area contributed by atoms with E-state index in [1.54, 1.807) is 5.56 Å². The molecule has 0 unspecified atom stereocenters. The van der Waals surface area contributed by atoms with Gasteiger partial charge in [0.1, 0.15) is 11.5 Å². The van der Waals surface area contributed by atoms with Crippen LogP contribution < -0.4 is 4.43 Å². The second kappa shape index (κ2) is 5.45. The average Bonchev–Trinajstić information content (AvgIpc) is 2.79. The van der Waals surface area contributed by atoms with Crippen molar-refractivity contribution in [2.45, 2.75) is 71.0 Å². The van der Waals surface area contributed by atoms with Crippen LogP contribution in [0.2, 0.25) is 19.6 Å². The number of carbonyl (C=O) groups is 1. The zero-order chi connectivity index (χ0) is 17.1. The molecule has 0 saturated heterocycles. The van der Waals surface area contributed by atoms with Gasteiger partial charge >= 0.3 is 0 Å². The number of hydrogen-bond donors (Lipinski definition) is 0. The Hall–Kier alpha value is -1.09. The van der Waals surface area contributed by atoms with Gasteiger partial charge in [0.05, 0.1) is 0 Å². The van der Waals surface area contributed by atoms with Crippen LogP contribution in [-0.4, -0.2) is 14.1 Å². The van der Waals surface area contributed by atoms with Crippen molar-refractivity contribution in [2.24, 2.45) is 17.3 Å². The lowest BCUT2D eigenvalue weighted by molar-refractivity contribution is -0.118. The molecular formula is C21H30O2Si. The number of Topliss-reactive ketones (excluding diaryl/α,β-unsaturated/α-hetero) is 1. The van der Waals surface area contributed by atoms with E-state index >= 15 is 0 Å². The molecule has 130 valence electrons. The highest BCUT2D eigenvalue weighted by molar-refractivity contribution is 6.70. The molecule has 2 nitrogen and oxygen atoms in total. The second-order valence-electron chi connectivity index (χ2n) is 9.60. The van der Waals surface area contributed by atoms with Crippen molar-refractivity contribution in [3.8, 4) is 5.75 Å². The zero-order valence-corrected chi connectivity index (χ0v) is 16.5. The second-order valence-corrected chi connectivity index (χ2v) is 14.0. The van der Waals surface area contributed by atoms with Gasteiger partial charge in [-0.15, -0.1) is 0 Å². The fourth-order valence-corrected chi connectivity index (χ4v) is 6.59. The molecule has 0 bridgehead atoms. The first kappa shape index (κ1) is 16.4. The van der Waals surface area contributed by atoms with Gasteiger partial charge in [0.2, 0.25) is 8.32 Å². The summed E-state index contributed by atoms with van der Waals surface area (Å²) in [4.78, 5) is 12.1. The van der Waals surface area contributed by atoms with Crippen LogP contribution in [0.15, 0.2) is 18.2 Å². The van der Waals surface area contributed by atoms with E-state index < -0.39 is 8.32 Å². The summed E-state index contributed by atoms with van der Waals surface area (Å²) in [5, 5.41) is 0. The third kappa shape index (κ3) is 2.75. The summed E-state index contributed by atoms with van der Waals surface area (Å²) >= 11 is 0. The van der Waals surface area contributed by atoms with E-state index in [1.807, 2.05) is 0 Å². The molecule has 4 rings (SSSR count). The summed E-state index contributed by atoms with van der Waals surface area (Å²) in [6, 6.07) is 6.82. The fourth-order valence-electron chi connectivity index (χ4n) is 5.76. The number of ketones is 1. The van der Waals surface area contributed by atoms with Crippen molar-refractivity contribution < 1.29 is 9.22 Å². The van der Waals surface area contributed by atoms with Crippen molar-refractivity contribution in [2.75, 3.05) is 0 Å². The monoisotopic (exact) mass is 342 g/mol. The fraction of sp³-hybridized carbons (Fsp3) is 0.667. The molecule has 4 atom stereocenters. The number of fused-ring (bicyclic) bond motifs is 5. The number of aryl methyl sites for hydroxylation is 1. The van der Waals surface area contributed by atoms with Crippen LogP contribution in [0.4, 0.5) is 0 Å². The summed E-state index contributed by atoms with van der Waals surface area (Å²) in [5.41, 5.74) is 3.34. The van der Waals surface area contributed by atoms with Gasteiger partial charge in [-0.3, -0.25) is 4.79 Å². The summed E-state index contributed by atoms with van der Waals surface area (Å²) < 4.78 is 6.20. The topological polar surface area (TPSA) is 26.3 Å². The summed E-state index contributed by atoms with van der Waals surface area (Å²) in [6.07, 6.45) is 6.55. The molecule has 0 heterocycles. The lowest BCUT2D eigenvalue weighted by Gasteiger charge is -2.48. The Labute approximate surface area is 147 Å². The van der Waals surface area contributed by atoms with Crippen molar-refractivity contribution in [3.05, 3.63) is 29.3 Å². The predicted octanol–water partition coefficient (Wildman–Crippen LogP) is 5.33. The van der Waals surface area contributed by atoms with Gasteiger partial charge in [0, 0.05) is 12.8 Å². The van der Waals surface area contributed by atoms with Crippen LogP contribution in [0.25, 0.3) is 0 Å². The number of hydrogen-bond acceptors (Lipinski definition) is 2. The first-order valence-corrected chi connectivity index (χ1v) is 13.0. The molecule has 24 heavy (non-hydrogen) atoms. The molecule has 2 fully saturated rings. The molecule has 0 aliphatic heterocycles. The van der Waals surface area contributed by atoms with E-state index in [0.717, 1.165) is 25.0 Å². The number of rotatable bonds is 2. The Balaban J connectivity index is 1.62. The van der Waals surface area contributed by atoms with Crippen molar-refractivity contribution in [3.63, 3.8) is 0 Å². The van der Waals surface area contributed by atoms with E-state index in [4.69, 9.17) is 4.43 Å². The van der Waals surface area contributed by atoms with E-state index in [-0.39, 0.29) is 5.41 Å². The first-order valence-electron chi connectivity index (χ1n) is 9.59. The highest BCUT2D eigenvalue weighted by Crippen LogP contribution is 2.60. The molecule has 1 aromatic carbocycles. The largest absolute Gasteiger partial charge is 0.544 e. The minimum absolute atomic E-state index is 0.288. The minimum atomic E-state index is -1.55. The molecule has 3 aliphatic carbocycles. The summed E-state index contributed by atoms with van der Waals surface area (Å²) in [5.74, 6) is 3.57. The maximum Gasteiger partial charge on any atom is 0.242 e. The molecule has 1 aromatic rings. The van der Waals surface area contributed by atoms with Crippen LogP contribution in [0, 0.1) is 17.3 Å². The summed E-state index contributed by atoms with van der Waals surface area (Å²) in [7, 11) is -1.55. The highest BCUT2D eigenvalue weighted by Gasteiger charge is 2.52. The number of carbonyl (C=O) groups excluding carboxylic acids is 1. The highest BCUT2D eigenvalue weighted by atomic mass is 28.4. The van der Waals surface area contributed by atoms with E-state index in [9.17, 15) is 4.79 Å². The van der Waals surface area contributed by atoms with Gasteiger partial charge in [-0.1, -0.05) is 13.0 Å². The Morgan fingerprint density at radius 2 is 2.00 bits per heavy atom. The van der Waals surface area contributed by atoms with Crippen LogP contribution in [0.5, 0.6) is 5.75 Å². The predicted molar refractivity (Wildman–Crippen MR) is 100 cm³/mol. The molecule has 0 aromatic heterocycles. The molecule has 0 N–H and O–H groups in total. The maximum atomic E-state index is 12.1. The Morgan fingerprint density at radius 3 is 2.75 bits per heavy atom. The molecule has 0 radical (unpaired) electrons. The van der Waals surface area contributed by atoms with Crippen molar-refractivity contribution in [1.29, 1.82) is 0 Å². The molecule has 0 amide bonds. The smallest absolute Gasteiger partial charge is 0.242 e. The van der Waals surface area contributed by atoms with Crippen LogP contribution in [0.1, 0.15) is 56.1 Å². The number of benzene rings is 1. The van der Waals surface area contributed by atoms with Crippen LogP contribution in [-0.2, 0) is 11.2 Å². The van der Waals surface area contributed by atoms with Gasteiger partial charge in [0.25, 0.3) is 0 Å². The lowest BCUT2D eigenvalue weighted by atomic mass is 9.56. The van der Waals surface area contributed by atoms with Crippen LogP contribution in [0.3, 0.4) is 0 Å². The first-order chi connectivity index (χ1) is 11.3. The molecule has 3 heteroatoms. The van der Waals surface area contributed by atoms with Gasteiger partial charge < -0.3 is 4.43 Å². The van der Waals surface area contributed by atoms with Crippen molar-refractivity contribution >= 4 is 14.1 Å². The average molecular weight is 343 g/mol. The lowest BCUT2D eigenvalue weighted by Crippen LogP contribution is -2.39. The molecule has 0 spiro atoms. The standard InChI is InChI=1S/C21H30O2Si/c1-21-10-9-18-17-8-6-16(23-24(2,3)4)11-14(17)5-7-19(18)20(21)12-15(22)13-21/h6,8,11,18-20H,5,7,9-10,12-13H2,1-4H3/t18-,19-,20+,21-/m1/s1. The summed E-state index contributed by atoms with van der Waals surface area (Å²) in [6.45, 7) is 9.09. The quantitative estimate of drug-likeness (QED) is 0.679. The third-order valence-corrected chi connectivity index (χ3v) is 7.54.